The fourth-order valence-corrected chi connectivity index (χ4v) is 3.52. The van der Waals surface area contributed by atoms with Crippen molar-refractivity contribution in [3.8, 4) is 5.75 Å². The van der Waals surface area contributed by atoms with Crippen LogP contribution in [0.1, 0.15) is 5.56 Å². The molecule has 2 rings (SSSR count). The molecular weight excluding hydrogens is 408 g/mol. The SMILES string of the molecule is COc1ccc(C)cc1N(CC(=O)Nc1cccc(Br)c1)S(C)(=O)=O. The Morgan fingerprint density at radius 3 is 2.56 bits per heavy atom. The highest BCUT2D eigenvalue weighted by molar-refractivity contribution is 9.10. The Bertz CT molecular complexity index is 884. The molecule has 0 unspecified atom stereocenters. The summed E-state index contributed by atoms with van der Waals surface area (Å²) in [6.07, 6.45) is 1.06. The van der Waals surface area contributed by atoms with E-state index in [0.29, 0.717) is 17.1 Å². The number of ether oxygens (including phenoxy) is 1. The van der Waals surface area contributed by atoms with E-state index in [1.807, 2.05) is 19.1 Å². The molecule has 134 valence electrons. The molecule has 0 aromatic heterocycles. The van der Waals surface area contributed by atoms with E-state index in [2.05, 4.69) is 21.2 Å². The number of hydrogen-bond acceptors (Lipinski definition) is 4. The first-order valence-electron chi connectivity index (χ1n) is 7.38. The molecule has 1 amide bonds. The third-order valence-corrected chi connectivity index (χ3v) is 5.02. The molecule has 6 nitrogen and oxygen atoms in total. The molecule has 0 atom stereocenters. The van der Waals surface area contributed by atoms with E-state index in [4.69, 9.17) is 4.74 Å². The fourth-order valence-electron chi connectivity index (χ4n) is 2.27. The van der Waals surface area contributed by atoms with Gasteiger partial charge in [-0.15, -0.1) is 0 Å². The lowest BCUT2D eigenvalue weighted by molar-refractivity contribution is -0.114. The summed E-state index contributed by atoms with van der Waals surface area (Å²) in [5.41, 5.74) is 1.76. The van der Waals surface area contributed by atoms with E-state index in [1.165, 1.54) is 7.11 Å². The number of amides is 1. The van der Waals surface area contributed by atoms with Gasteiger partial charge in [0.05, 0.1) is 19.1 Å². The smallest absolute Gasteiger partial charge is 0.245 e. The number of anilines is 2. The van der Waals surface area contributed by atoms with Crippen molar-refractivity contribution in [2.75, 3.05) is 29.5 Å². The van der Waals surface area contributed by atoms with Gasteiger partial charge in [-0.2, -0.15) is 0 Å². The van der Waals surface area contributed by atoms with Crippen LogP contribution in [0.4, 0.5) is 11.4 Å². The number of carbonyl (C=O) groups is 1. The number of methoxy groups -OCH3 is 1. The van der Waals surface area contributed by atoms with Gasteiger partial charge in [0.2, 0.25) is 15.9 Å². The van der Waals surface area contributed by atoms with Gasteiger partial charge in [-0.05, 0) is 42.8 Å². The molecule has 0 saturated heterocycles. The van der Waals surface area contributed by atoms with Crippen molar-refractivity contribution in [3.05, 3.63) is 52.5 Å². The third-order valence-electron chi connectivity index (χ3n) is 3.40. The predicted molar refractivity (Wildman–Crippen MR) is 103 cm³/mol. The summed E-state index contributed by atoms with van der Waals surface area (Å²) >= 11 is 3.32. The number of nitrogens with one attached hydrogen (secondary N) is 1. The van der Waals surface area contributed by atoms with Crippen molar-refractivity contribution < 1.29 is 17.9 Å². The van der Waals surface area contributed by atoms with Gasteiger partial charge in [0.15, 0.2) is 0 Å². The number of rotatable bonds is 6. The van der Waals surface area contributed by atoms with Crippen LogP contribution in [0.2, 0.25) is 0 Å². The van der Waals surface area contributed by atoms with Gasteiger partial charge in [-0.25, -0.2) is 8.42 Å². The van der Waals surface area contributed by atoms with Crippen LogP contribution in [-0.4, -0.2) is 34.2 Å². The summed E-state index contributed by atoms with van der Waals surface area (Å²) in [6.45, 7) is 1.48. The third kappa shape index (κ3) is 5.20. The Morgan fingerprint density at radius 1 is 1.24 bits per heavy atom. The summed E-state index contributed by atoms with van der Waals surface area (Å²) < 4.78 is 31.6. The van der Waals surface area contributed by atoms with Crippen LogP contribution in [-0.2, 0) is 14.8 Å². The molecule has 8 heteroatoms. The highest BCUT2D eigenvalue weighted by atomic mass is 79.9. The second-order valence-electron chi connectivity index (χ2n) is 5.50. The number of benzene rings is 2. The van der Waals surface area contributed by atoms with Crippen LogP contribution in [0.5, 0.6) is 5.75 Å². The highest BCUT2D eigenvalue weighted by Crippen LogP contribution is 2.31. The first kappa shape index (κ1) is 19.3. The maximum atomic E-state index is 12.4. The minimum Gasteiger partial charge on any atom is -0.495 e. The van der Waals surface area contributed by atoms with Gasteiger partial charge in [0.1, 0.15) is 12.3 Å². The summed E-state index contributed by atoms with van der Waals surface area (Å²) in [6, 6.07) is 12.2. The maximum absolute atomic E-state index is 12.4. The lowest BCUT2D eigenvalue weighted by atomic mass is 10.2. The minimum absolute atomic E-state index is 0.328. The molecule has 0 bridgehead atoms. The number of carbonyl (C=O) groups excluding carboxylic acids is 1. The molecule has 0 heterocycles. The Labute approximate surface area is 156 Å². The first-order valence-corrected chi connectivity index (χ1v) is 10.0. The fraction of sp³-hybridized carbons (Fsp3) is 0.235. The van der Waals surface area contributed by atoms with Crippen LogP contribution in [0.3, 0.4) is 0 Å². The van der Waals surface area contributed by atoms with E-state index in [1.54, 1.807) is 30.3 Å². The standard InChI is InChI=1S/C17H19BrN2O4S/c1-12-7-8-16(24-2)15(9-12)20(25(3,22)23)11-17(21)19-14-6-4-5-13(18)10-14/h4-10H,11H2,1-3H3,(H,19,21). The molecule has 0 spiro atoms. The average molecular weight is 427 g/mol. The van der Waals surface area contributed by atoms with Crippen molar-refractivity contribution in [1.82, 2.24) is 0 Å². The van der Waals surface area contributed by atoms with Crippen LogP contribution in [0.25, 0.3) is 0 Å². The zero-order valence-corrected chi connectivity index (χ0v) is 16.5. The monoisotopic (exact) mass is 426 g/mol. The van der Waals surface area contributed by atoms with E-state index in [0.717, 1.165) is 20.6 Å². The van der Waals surface area contributed by atoms with Crippen LogP contribution >= 0.6 is 15.9 Å². The molecule has 0 fully saturated rings. The van der Waals surface area contributed by atoms with Crippen molar-refractivity contribution in [1.29, 1.82) is 0 Å². The van der Waals surface area contributed by atoms with Crippen LogP contribution in [0, 0.1) is 6.92 Å². The molecule has 0 radical (unpaired) electrons. The summed E-state index contributed by atoms with van der Waals surface area (Å²) in [4.78, 5) is 12.4. The molecule has 0 aliphatic heterocycles. The molecule has 0 aliphatic rings. The second-order valence-corrected chi connectivity index (χ2v) is 8.33. The molecular formula is C17H19BrN2O4S. The highest BCUT2D eigenvalue weighted by Gasteiger charge is 2.24. The molecule has 2 aromatic rings. The second kappa shape index (κ2) is 7.88. The van der Waals surface area contributed by atoms with Crippen molar-refractivity contribution in [3.63, 3.8) is 0 Å². The van der Waals surface area contributed by atoms with Crippen molar-refractivity contribution in [2.24, 2.45) is 0 Å². The molecule has 2 aromatic carbocycles. The van der Waals surface area contributed by atoms with E-state index in [-0.39, 0.29) is 6.54 Å². The largest absolute Gasteiger partial charge is 0.495 e. The van der Waals surface area contributed by atoms with E-state index < -0.39 is 15.9 Å². The quantitative estimate of drug-likeness (QED) is 0.769. The van der Waals surface area contributed by atoms with Gasteiger partial charge < -0.3 is 10.1 Å². The normalized spacial score (nSPS) is 11.0. The van der Waals surface area contributed by atoms with Gasteiger partial charge in [0.25, 0.3) is 0 Å². The Hall–Kier alpha value is -2.06. The van der Waals surface area contributed by atoms with Gasteiger partial charge in [-0.3, -0.25) is 9.10 Å². The van der Waals surface area contributed by atoms with E-state index >= 15 is 0 Å². The Balaban J connectivity index is 2.30. The molecule has 25 heavy (non-hydrogen) atoms. The first-order chi connectivity index (χ1) is 11.7. The van der Waals surface area contributed by atoms with E-state index in [9.17, 15) is 13.2 Å². The number of sulfonamides is 1. The number of aryl methyl sites for hydroxylation is 1. The van der Waals surface area contributed by atoms with Gasteiger partial charge in [0, 0.05) is 10.2 Å². The Morgan fingerprint density at radius 2 is 1.96 bits per heavy atom. The van der Waals surface area contributed by atoms with Gasteiger partial charge in [-0.1, -0.05) is 28.1 Å². The zero-order chi connectivity index (χ0) is 18.6. The summed E-state index contributed by atoms with van der Waals surface area (Å²) in [5, 5.41) is 2.69. The van der Waals surface area contributed by atoms with Crippen molar-refractivity contribution in [2.45, 2.75) is 6.92 Å². The average Bonchev–Trinajstić information content (AvgIpc) is 2.51. The lowest BCUT2D eigenvalue weighted by Crippen LogP contribution is -2.37. The van der Waals surface area contributed by atoms with Crippen molar-refractivity contribution >= 4 is 43.2 Å². The summed E-state index contributed by atoms with van der Waals surface area (Å²) in [7, 11) is -2.23. The topological polar surface area (TPSA) is 75.7 Å². The molecule has 0 saturated carbocycles. The zero-order valence-electron chi connectivity index (χ0n) is 14.1. The van der Waals surface area contributed by atoms with Gasteiger partial charge >= 0.3 is 0 Å². The van der Waals surface area contributed by atoms with Crippen LogP contribution in [0.15, 0.2) is 46.9 Å². The minimum atomic E-state index is -3.68. The number of nitrogens with zero attached hydrogens (tertiary/aromatic N) is 1. The Kier molecular flexibility index (Phi) is 6.07. The predicted octanol–water partition coefficient (Wildman–Crippen LogP) is 3.17. The number of hydrogen-bond donors (Lipinski definition) is 1. The summed E-state index contributed by atoms with van der Waals surface area (Å²) in [5.74, 6) is -0.0710. The number of halogens is 1. The maximum Gasteiger partial charge on any atom is 0.245 e. The molecule has 1 N–H and O–H groups in total. The lowest BCUT2D eigenvalue weighted by Gasteiger charge is -2.24. The molecule has 0 aliphatic carbocycles. The van der Waals surface area contributed by atoms with Crippen LogP contribution < -0.4 is 14.4 Å².